The van der Waals surface area contributed by atoms with Crippen molar-refractivity contribution in [2.75, 3.05) is 21.0 Å². The fraction of sp³-hybridized carbons (Fsp3) is 0.364. The van der Waals surface area contributed by atoms with Gasteiger partial charge >= 0.3 is 0 Å². The van der Waals surface area contributed by atoms with E-state index in [-0.39, 0.29) is 11.8 Å². The molecule has 7 nitrogen and oxygen atoms in total. The van der Waals surface area contributed by atoms with Crippen molar-refractivity contribution in [1.29, 1.82) is 0 Å². The molecule has 1 aromatic heterocycles. The van der Waals surface area contributed by atoms with E-state index in [1.54, 1.807) is 26.0 Å². The lowest BCUT2D eigenvalue weighted by atomic mass is 9.99. The SMILES string of the molecule is COCOc1ccc(C(O[Si](C)(C)C(C)(C)C)c2c(C(O)c3ccc(OC)cc3)nc(Sc3ccccc3)n2C)cc1. The first-order valence-corrected chi connectivity index (χ1v) is 17.7. The Hall–Kier alpha value is -3.08. The maximum absolute atomic E-state index is 11.8. The second kappa shape index (κ2) is 13.5. The highest BCUT2D eigenvalue weighted by molar-refractivity contribution is 7.99. The number of rotatable bonds is 12. The summed E-state index contributed by atoms with van der Waals surface area (Å²) in [7, 11) is 2.92. The summed E-state index contributed by atoms with van der Waals surface area (Å²) >= 11 is 1.56. The monoisotopic (exact) mass is 606 g/mol. The van der Waals surface area contributed by atoms with E-state index >= 15 is 0 Å². The van der Waals surface area contributed by atoms with Crippen LogP contribution in [0.15, 0.2) is 88.9 Å². The van der Waals surface area contributed by atoms with Crippen LogP contribution in [0.5, 0.6) is 11.5 Å². The average Bonchev–Trinajstić information content (AvgIpc) is 3.29. The lowest BCUT2D eigenvalue weighted by Gasteiger charge is -2.39. The second-order valence-corrected chi connectivity index (χ2v) is 17.5. The van der Waals surface area contributed by atoms with Crippen molar-refractivity contribution in [3.8, 4) is 11.5 Å². The van der Waals surface area contributed by atoms with Gasteiger partial charge in [0, 0.05) is 19.1 Å². The molecule has 3 aromatic carbocycles. The average molecular weight is 607 g/mol. The van der Waals surface area contributed by atoms with Crippen molar-refractivity contribution >= 4 is 20.1 Å². The van der Waals surface area contributed by atoms with Crippen molar-refractivity contribution in [2.24, 2.45) is 7.05 Å². The summed E-state index contributed by atoms with van der Waals surface area (Å²) in [6.45, 7) is 11.3. The van der Waals surface area contributed by atoms with Gasteiger partial charge in [-0.1, -0.05) is 75.0 Å². The molecule has 0 radical (unpaired) electrons. The van der Waals surface area contributed by atoms with Gasteiger partial charge in [0.1, 0.15) is 23.7 Å². The first-order chi connectivity index (χ1) is 19.9. The van der Waals surface area contributed by atoms with Gasteiger partial charge in [0.15, 0.2) is 20.3 Å². The van der Waals surface area contributed by atoms with E-state index in [1.807, 2.05) is 73.8 Å². The van der Waals surface area contributed by atoms with Gasteiger partial charge in [-0.2, -0.15) is 0 Å². The summed E-state index contributed by atoms with van der Waals surface area (Å²) in [4.78, 5) is 6.12. The Morgan fingerprint density at radius 1 is 0.881 bits per heavy atom. The summed E-state index contributed by atoms with van der Waals surface area (Å²) in [5.41, 5.74) is 3.05. The molecule has 0 amide bonds. The number of hydrogen-bond donors (Lipinski definition) is 1. The smallest absolute Gasteiger partial charge is 0.193 e. The standard InChI is InChI=1S/C33H42N2O5SSi/c1-33(2,3)42(7,8)40-31(24-16-20-26(21-17-24)39-22-37-5)29-28(30(36)23-14-18-25(38-6)19-15-23)34-32(35(29)4)41-27-12-10-9-11-13-27/h9-21,30-31,36H,22H2,1-8H3. The molecule has 0 bridgehead atoms. The van der Waals surface area contributed by atoms with Crippen LogP contribution in [0.25, 0.3) is 0 Å². The Kier molecular flexibility index (Phi) is 10.2. The van der Waals surface area contributed by atoms with Gasteiger partial charge in [0.05, 0.1) is 18.5 Å². The minimum absolute atomic E-state index is 0.0399. The van der Waals surface area contributed by atoms with Crippen LogP contribution >= 0.6 is 11.8 Å². The predicted octanol–water partition coefficient (Wildman–Crippen LogP) is 7.76. The fourth-order valence-corrected chi connectivity index (χ4v) is 6.34. The predicted molar refractivity (Wildman–Crippen MR) is 170 cm³/mol. The van der Waals surface area contributed by atoms with Gasteiger partial charge < -0.3 is 28.3 Å². The van der Waals surface area contributed by atoms with Crippen LogP contribution < -0.4 is 9.47 Å². The topological polar surface area (TPSA) is 75.0 Å². The fourth-order valence-electron chi connectivity index (χ4n) is 4.27. The van der Waals surface area contributed by atoms with Gasteiger partial charge in [-0.3, -0.25) is 0 Å². The molecule has 0 saturated heterocycles. The lowest BCUT2D eigenvalue weighted by Crippen LogP contribution is -2.42. The third-order valence-corrected chi connectivity index (χ3v) is 13.3. The van der Waals surface area contributed by atoms with Crippen LogP contribution in [0.4, 0.5) is 0 Å². The van der Waals surface area contributed by atoms with E-state index in [4.69, 9.17) is 23.6 Å². The van der Waals surface area contributed by atoms with Crippen LogP contribution in [0, 0.1) is 0 Å². The molecule has 42 heavy (non-hydrogen) atoms. The van der Waals surface area contributed by atoms with E-state index in [0.29, 0.717) is 11.4 Å². The summed E-state index contributed by atoms with van der Waals surface area (Å²) in [6, 6.07) is 25.5. The van der Waals surface area contributed by atoms with E-state index in [0.717, 1.165) is 32.6 Å². The minimum Gasteiger partial charge on any atom is -0.497 e. The van der Waals surface area contributed by atoms with Crippen molar-refractivity contribution in [3.63, 3.8) is 0 Å². The molecule has 1 heterocycles. The number of imidazole rings is 1. The number of benzene rings is 3. The first kappa shape index (κ1) is 31.8. The molecule has 4 aromatic rings. The summed E-state index contributed by atoms with van der Waals surface area (Å²) in [5, 5.41) is 12.6. The maximum Gasteiger partial charge on any atom is 0.193 e. The molecule has 0 aliphatic rings. The molecule has 0 fully saturated rings. The zero-order valence-electron chi connectivity index (χ0n) is 25.8. The van der Waals surface area contributed by atoms with Crippen molar-refractivity contribution in [1.82, 2.24) is 9.55 Å². The zero-order chi connectivity index (χ0) is 30.5. The number of aliphatic hydroxyl groups excluding tert-OH is 1. The first-order valence-electron chi connectivity index (χ1n) is 14.0. The number of methoxy groups -OCH3 is 2. The second-order valence-electron chi connectivity index (χ2n) is 11.7. The molecule has 4 rings (SSSR count). The number of ether oxygens (including phenoxy) is 3. The summed E-state index contributed by atoms with van der Waals surface area (Å²) < 4.78 is 25.3. The van der Waals surface area contributed by atoms with E-state index in [2.05, 4.69) is 50.6 Å². The van der Waals surface area contributed by atoms with Crippen LogP contribution in [-0.4, -0.2) is 44.0 Å². The van der Waals surface area contributed by atoms with E-state index < -0.39 is 20.5 Å². The van der Waals surface area contributed by atoms with Crippen LogP contribution in [0.2, 0.25) is 18.1 Å². The van der Waals surface area contributed by atoms with Gasteiger partial charge in [0.25, 0.3) is 0 Å². The third-order valence-electron chi connectivity index (χ3n) is 7.76. The zero-order valence-corrected chi connectivity index (χ0v) is 27.6. The molecular formula is C33H42N2O5SSi. The number of aliphatic hydroxyl groups is 1. The number of hydrogen-bond acceptors (Lipinski definition) is 7. The van der Waals surface area contributed by atoms with E-state index in [9.17, 15) is 5.11 Å². The lowest BCUT2D eigenvalue weighted by molar-refractivity contribution is 0.0511. The van der Waals surface area contributed by atoms with Gasteiger partial charge in [-0.05, 0) is 65.7 Å². The largest absolute Gasteiger partial charge is 0.497 e. The Labute approximate surface area is 254 Å². The molecule has 1 N–H and O–H groups in total. The highest BCUT2D eigenvalue weighted by Crippen LogP contribution is 2.44. The molecule has 9 heteroatoms. The molecule has 224 valence electrons. The van der Waals surface area contributed by atoms with Crippen molar-refractivity contribution < 1.29 is 23.7 Å². The van der Waals surface area contributed by atoms with Crippen LogP contribution in [0.3, 0.4) is 0 Å². The van der Waals surface area contributed by atoms with Gasteiger partial charge in [-0.15, -0.1) is 0 Å². The Morgan fingerprint density at radius 3 is 2.05 bits per heavy atom. The third kappa shape index (κ3) is 7.27. The maximum atomic E-state index is 11.8. The van der Waals surface area contributed by atoms with E-state index in [1.165, 1.54) is 0 Å². The Morgan fingerprint density at radius 2 is 1.48 bits per heavy atom. The Bertz CT molecular complexity index is 1430. The number of aromatic nitrogens is 2. The summed E-state index contributed by atoms with van der Waals surface area (Å²) in [6.07, 6.45) is -1.45. The van der Waals surface area contributed by atoms with Crippen LogP contribution in [-0.2, 0) is 16.2 Å². The van der Waals surface area contributed by atoms with Crippen molar-refractivity contribution in [3.05, 3.63) is 101 Å². The highest BCUT2D eigenvalue weighted by atomic mass is 32.2. The quantitative estimate of drug-likeness (QED) is 0.131. The molecule has 0 saturated carbocycles. The Balaban J connectivity index is 1.88. The molecule has 0 aliphatic heterocycles. The van der Waals surface area contributed by atoms with Gasteiger partial charge in [0.2, 0.25) is 0 Å². The molecule has 2 atom stereocenters. The van der Waals surface area contributed by atoms with Crippen molar-refractivity contribution in [2.45, 2.75) is 61.2 Å². The minimum atomic E-state index is -2.30. The molecule has 0 aliphatic carbocycles. The molecule has 0 spiro atoms. The molecule has 2 unspecified atom stereocenters. The normalized spacial score (nSPS) is 13.5. The molecular weight excluding hydrogens is 565 g/mol. The summed E-state index contributed by atoms with van der Waals surface area (Å²) in [5.74, 6) is 1.43. The highest BCUT2D eigenvalue weighted by Gasteiger charge is 2.42. The van der Waals surface area contributed by atoms with Gasteiger partial charge in [-0.25, -0.2) is 4.98 Å². The number of nitrogens with zero attached hydrogens (tertiary/aromatic N) is 2. The van der Waals surface area contributed by atoms with Crippen LogP contribution in [0.1, 0.15) is 55.5 Å².